The van der Waals surface area contributed by atoms with E-state index >= 15 is 0 Å². The maximum atomic E-state index is 14.0. The van der Waals surface area contributed by atoms with E-state index in [1.54, 1.807) is 25.1 Å². The molecule has 3 aromatic rings. The number of amides is 3. The molecule has 4 rings (SSSR count). The maximum Gasteiger partial charge on any atom is 0.254 e. The van der Waals surface area contributed by atoms with Crippen molar-refractivity contribution in [2.75, 3.05) is 11.6 Å². The molecule has 5 N–H and O–H groups in total. The zero-order chi connectivity index (χ0) is 32.9. The van der Waals surface area contributed by atoms with Crippen molar-refractivity contribution in [1.29, 1.82) is 0 Å². The highest BCUT2D eigenvalue weighted by Crippen LogP contribution is 2.40. The van der Waals surface area contributed by atoms with Crippen LogP contribution >= 0.6 is 11.8 Å². The van der Waals surface area contributed by atoms with Gasteiger partial charge in [-0.15, -0.1) is 11.8 Å². The lowest BCUT2D eigenvalue weighted by atomic mass is 9.96. The number of ether oxygens (including phenoxy) is 1. The van der Waals surface area contributed by atoms with E-state index < -0.39 is 34.7 Å². The van der Waals surface area contributed by atoms with Gasteiger partial charge in [-0.1, -0.05) is 42.5 Å². The van der Waals surface area contributed by atoms with Gasteiger partial charge in [-0.05, 0) is 94.5 Å². The molecule has 10 heteroatoms. The summed E-state index contributed by atoms with van der Waals surface area (Å²) >= 11 is 1.47. The summed E-state index contributed by atoms with van der Waals surface area (Å²) in [5.74, 6) is -0.469. The first kappa shape index (κ1) is 33.9. The first-order valence-corrected chi connectivity index (χ1v) is 16.1. The molecule has 0 aliphatic carbocycles. The van der Waals surface area contributed by atoms with Crippen LogP contribution in [0.15, 0.2) is 66.7 Å². The summed E-state index contributed by atoms with van der Waals surface area (Å²) in [6.07, 6.45) is -1.45. The smallest absolute Gasteiger partial charge is 0.254 e. The molecule has 0 bridgehead atoms. The molecule has 3 aromatic carbocycles. The van der Waals surface area contributed by atoms with E-state index in [-0.39, 0.29) is 24.3 Å². The molecule has 1 saturated heterocycles. The quantitative estimate of drug-likeness (QED) is 0.231. The van der Waals surface area contributed by atoms with Gasteiger partial charge >= 0.3 is 0 Å². The van der Waals surface area contributed by atoms with Gasteiger partial charge in [0.1, 0.15) is 11.8 Å². The molecule has 0 radical (unpaired) electrons. The monoisotopic (exact) mass is 632 g/mol. The Hall–Kier alpha value is -4.02. The van der Waals surface area contributed by atoms with Gasteiger partial charge in [0.2, 0.25) is 5.91 Å². The number of thioether (sulfide) groups is 1. The van der Waals surface area contributed by atoms with Gasteiger partial charge in [0, 0.05) is 22.5 Å². The van der Waals surface area contributed by atoms with E-state index in [2.05, 4.69) is 10.6 Å². The van der Waals surface area contributed by atoms with Crippen molar-refractivity contribution in [3.8, 4) is 5.75 Å². The molecular weight excluding hydrogens is 588 g/mol. The summed E-state index contributed by atoms with van der Waals surface area (Å²) in [6, 6.07) is 18.3. The van der Waals surface area contributed by atoms with Crippen molar-refractivity contribution in [3.05, 3.63) is 94.5 Å². The van der Waals surface area contributed by atoms with Crippen molar-refractivity contribution < 1.29 is 24.2 Å². The van der Waals surface area contributed by atoms with Crippen molar-refractivity contribution in [2.24, 2.45) is 0 Å². The number of anilines is 1. The number of nitrogens with two attached hydrogens (primary N) is 1. The number of nitrogens with one attached hydrogen (secondary N) is 2. The van der Waals surface area contributed by atoms with Crippen LogP contribution in [0.5, 0.6) is 5.75 Å². The number of carbonyl (C=O) groups excluding carboxylic acids is 3. The zero-order valence-corrected chi connectivity index (χ0v) is 27.6. The molecule has 9 nitrogen and oxygen atoms in total. The molecule has 1 heterocycles. The van der Waals surface area contributed by atoms with Crippen LogP contribution in [-0.2, 0) is 22.6 Å². The molecule has 0 spiro atoms. The zero-order valence-electron chi connectivity index (χ0n) is 26.8. The van der Waals surface area contributed by atoms with Crippen LogP contribution in [0.25, 0.3) is 0 Å². The SMILES string of the molecule is Cc1ccccc1CNC(=O)[C@H]1N(C(=O)[C@@H](O)[C@H](Cc2ccc(OC(C)C)cc2)NC(=O)c2cccc(N)c2C)CSC1(C)C. The van der Waals surface area contributed by atoms with Crippen LogP contribution < -0.4 is 21.1 Å². The van der Waals surface area contributed by atoms with Gasteiger partial charge in [-0.2, -0.15) is 0 Å². The summed E-state index contributed by atoms with van der Waals surface area (Å²) in [4.78, 5) is 42.5. The Kier molecular flexibility index (Phi) is 10.8. The predicted molar refractivity (Wildman–Crippen MR) is 179 cm³/mol. The van der Waals surface area contributed by atoms with Crippen molar-refractivity contribution in [2.45, 2.75) is 83.5 Å². The maximum absolute atomic E-state index is 14.0. The molecule has 3 atom stereocenters. The molecule has 240 valence electrons. The summed E-state index contributed by atoms with van der Waals surface area (Å²) < 4.78 is 5.15. The highest BCUT2D eigenvalue weighted by molar-refractivity contribution is 8.00. The fraction of sp³-hybridized carbons (Fsp3) is 0.400. The normalized spacial score (nSPS) is 17.1. The highest BCUT2D eigenvalue weighted by atomic mass is 32.2. The number of rotatable bonds is 11. The lowest BCUT2D eigenvalue weighted by Crippen LogP contribution is -2.58. The van der Waals surface area contributed by atoms with Crippen LogP contribution in [0.2, 0.25) is 0 Å². The molecular formula is C35H44N4O5S. The number of aliphatic hydroxyl groups excluding tert-OH is 1. The predicted octanol–water partition coefficient (Wildman–Crippen LogP) is 4.37. The Morgan fingerprint density at radius 2 is 1.73 bits per heavy atom. The van der Waals surface area contributed by atoms with Gasteiger partial charge in [-0.3, -0.25) is 14.4 Å². The summed E-state index contributed by atoms with van der Waals surface area (Å²) in [5, 5.41) is 17.5. The minimum Gasteiger partial charge on any atom is -0.491 e. The largest absolute Gasteiger partial charge is 0.491 e. The van der Waals surface area contributed by atoms with Gasteiger partial charge in [0.15, 0.2) is 6.10 Å². The van der Waals surface area contributed by atoms with Crippen LogP contribution in [0, 0.1) is 13.8 Å². The third kappa shape index (κ3) is 8.18. The van der Waals surface area contributed by atoms with Gasteiger partial charge in [0.25, 0.3) is 11.8 Å². The molecule has 0 saturated carbocycles. The van der Waals surface area contributed by atoms with E-state index in [0.717, 1.165) is 16.7 Å². The Morgan fingerprint density at radius 1 is 1.04 bits per heavy atom. The van der Waals surface area contributed by atoms with E-state index in [1.807, 2.05) is 83.1 Å². The number of carbonyl (C=O) groups is 3. The second-order valence-electron chi connectivity index (χ2n) is 12.3. The van der Waals surface area contributed by atoms with Crippen molar-refractivity contribution in [3.63, 3.8) is 0 Å². The number of hydrogen-bond donors (Lipinski definition) is 4. The number of hydrogen-bond acceptors (Lipinski definition) is 7. The van der Waals surface area contributed by atoms with Crippen LogP contribution in [0.3, 0.4) is 0 Å². The third-order valence-corrected chi connectivity index (χ3v) is 9.49. The number of nitrogens with zero attached hydrogens (tertiary/aromatic N) is 1. The second kappa shape index (κ2) is 14.4. The number of benzene rings is 3. The van der Waals surface area contributed by atoms with Crippen LogP contribution in [-0.4, -0.2) is 62.6 Å². The second-order valence-corrected chi connectivity index (χ2v) is 13.9. The summed E-state index contributed by atoms with van der Waals surface area (Å²) in [5.41, 5.74) is 10.3. The average Bonchev–Trinajstić information content (AvgIpc) is 3.32. The standard InChI is InChI=1S/C35H44N4O5S/c1-21(2)44-26-16-14-24(15-17-26)18-29(38-32(41)27-12-9-13-28(36)23(27)4)30(40)34(43)39-20-45-35(5,6)31(39)33(42)37-19-25-11-8-7-10-22(25)3/h7-17,21,29-31,40H,18-20,36H2,1-6H3,(H,37,42)(H,38,41)/t29-,30-,31+/m0/s1. The Morgan fingerprint density at radius 3 is 2.40 bits per heavy atom. The molecule has 45 heavy (non-hydrogen) atoms. The summed E-state index contributed by atoms with van der Waals surface area (Å²) in [6.45, 7) is 11.8. The summed E-state index contributed by atoms with van der Waals surface area (Å²) in [7, 11) is 0. The Balaban J connectivity index is 1.58. The first-order valence-electron chi connectivity index (χ1n) is 15.1. The van der Waals surface area contributed by atoms with Crippen molar-refractivity contribution in [1.82, 2.24) is 15.5 Å². The Bertz CT molecular complexity index is 1520. The number of nitrogen functional groups attached to an aromatic ring is 1. The molecule has 1 aliphatic heterocycles. The minimum atomic E-state index is -1.62. The lowest BCUT2D eigenvalue weighted by molar-refractivity contribution is -0.147. The fourth-order valence-corrected chi connectivity index (χ4v) is 6.60. The van der Waals surface area contributed by atoms with Gasteiger partial charge in [-0.25, -0.2) is 0 Å². The van der Waals surface area contributed by atoms with Gasteiger partial charge in [0.05, 0.1) is 18.0 Å². The third-order valence-electron chi connectivity index (χ3n) is 8.11. The molecule has 0 aromatic heterocycles. The van der Waals surface area contributed by atoms with Crippen LogP contribution in [0.1, 0.15) is 60.3 Å². The highest BCUT2D eigenvalue weighted by Gasteiger charge is 2.49. The molecule has 0 unspecified atom stereocenters. The van der Waals surface area contributed by atoms with Gasteiger partial charge < -0.3 is 31.1 Å². The fourth-order valence-electron chi connectivity index (χ4n) is 5.46. The topological polar surface area (TPSA) is 134 Å². The lowest BCUT2D eigenvalue weighted by Gasteiger charge is -2.33. The average molecular weight is 633 g/mol. The molecule has 1 aliphatic rings. The molecule has 1 fully saturated rings. The molecule has 3 amide bonds. The minimum absolute atomic E-state index is 0.00771. The van der Waals surface area contributed by atoms with Crippen molar-refractivity contribution >= 4 is 35.2 Å². The van der Waals surface area contributed by atoms with Crippen LogP contribution in [0.4, 0.5) is 5.69 Å². The van der Waals surface area contributed by atoms with E-state index in [0.29, 0.717) is 29.1 Å². The number of aliphatic hydroxyl groups is 1. The van der Waals surface area contributed by atoms with E-state index in [1.165, 1.54) is 16.7 Å². The van der Waals surface area contributed by atoms with E-state index in [4.69, 9.17) is 10.5 Å². The first-order chi connectivity index (χ1) is 21.3. The number of aryl methyl sites for hydroxylation is 1. The van der Waals surface area contributed by atoms with E-state index in [9.17, 15) is 19.5 Å². The Labute approximate surface area is 269 Å².